The van der Waals surface area contributed by atoms with Gasteiger partial charge >= 0.3 is 0 Å². The minimum absolute atomic E-state index is 0.210. The minimum Gasteiger partial charge on any atom is -0.418 e. The summed E-state index contributed by atoms with van der Waals surface area (Å²) in [5, 5.41) is 1.74. The zero-order valence-corrected chi connectivity index (χ0v) is 13.6. The molecule has 0 amide bonds. The van der Waals surface area contributed by atoms with Gasteiger partial charge in [-0.1, -0.05) is 49.4 Å². The molecule has 0 bridgehead atoms. The van der Waals surface area contributed by atoms with E-state index in [1.165, 1.54) is 5.19 Å². The predicted octanol–water partition coefficient (Wildman–Crippen LogP) is 2.00. The fourth-order valence-corrected chi connectivity index (χ4v) is 6.59. The Kier molecular flexibility index (Phi) is 5.45. The van der Waals surface area contributed by atoms with Gasteiger partial charge in [0.1, 0.15) is 0 Å². The molecule has 3 heteroatoms. The second-order valence-electron chi connectivity index (χ2n) is 4.72. The SMILES string of the molecule is CCC(CC)(O[SiH](C)C)[SiH2]c1ccccc1. The van der Waals surface area contributed by atoms with Gasteiger partial charge in [-0.15, -0.1) is 0 Å². The molecule has 1 nitrogen and oxygen atoms in total. The van der Waals surface area contributed by atoms with Crippen molar-refractivity contribution in [3.63, 3.8) is 0 Å². The Bertz CT molecular complexity index is 294. The number of hydrogen-bond acceptors (Lipinski definition) is 1. The first-order chi connectivity index (χ1) is 7.62. The molecular weight excluding hydrogens is 228 g/mol. The number of benzene rings is 1. The van der Waals surface area contributed by atoms with Gasteiger partial charge in [-0.3, -0.25) is 0 Å². The van der Waals surface area contributed by atoms with Crippen LogP contribution in [0.15, 0.2) is 30.3 Å². The Balaban J connectivity index is 2.78. The lowest BCUT2D eigenvalue weighted by molar-refractivity contribution is 0.146. The topological polar surface area (TPSA) is 9.23 Å². The van der Waals surface area contributed by atoms with Gasteiger partial charge in [0.05, 0.1) is 9.52 Å². The van der Waals surface area contributed by atoms with Gasteiger partial charge in [-0.25, -0.2) is 0 Å². The van der Waals surface area contributed by atoms with Gasteiger partial charge in [0.15, 0.2) is 9.04 Å². The number of hydrogen-bond donors (Lipinski definition) is 0. The Morgan fingerprint density at radius 2 is 1.69 bits per heavy atom. The van der Waals surface area contributed by atoms with E-state index in [0.717, 1.165) is 12.8 Å². The molecule has 16 heavy (non-hydrogen) atoms. The first kappa shape index (κ1) is 13.7. The van der Waals surface area contributed by atoms with Crippen LogP contribution in [0.3, 0.4) is 0 Å². The Hall–Kier alpha value is -0.386. The molecule has 0 saturated carbocycles. The zero-order chi connectivity index (χ0) is 12.0. The van der Waals surface area contributed by atoms with E-state index in [1.807, 2.05) is 0 Å². The molecule has 0 N–H and O–H groups in total. The van der Waals surface area contributed by atoms with Gasteiger partial charge in [-0.05, 0) is 25.9 Å². The van der Waals surface area contributed by atoms with E-state index < -0.39 is 9.04 Å². The zero-order valence-electron chi connectivity index (χ0n) is 11.0. The quantitative estimate of drug-likeness (QED) is 0.704. The van der Waals surface area contributed by atoms with Crippen molar-refractivity contribution in [2.75, 3.05) is 0 Å². The van der Waals surface area contributed by atoms with Crippen LogP contribution in [0.5, 0.6) is 0 Å². The Morgan fingerprint density at radius 3 is 2.12 bits per heavy atom. The molecule has 0 fully saturated rings. The standard InChI is InChI=1S/C13H24OSi2/c1-5-13(6-2,14-16(3)4)15-12-10-8-7-9-11-12/h7-11,16H,5-6,15H2,1-4H3. The molecule has 0 aliphatic heterocycles. The summed E-state index contributed by atoms with van der Waals surface area (Å²) >= 11 is 0. The predicted molar refractivity (Wildman–Crippen MR) is 77.9 cm³/mol. The highest BCUT2D eigenvalue weighted by molar-refractivity contribution is 6.58. The van der Waals surface area contributed by atoms with Crippen molar-refractivity contribution in [3.05, 3.63) is 30.3 Å². The largest absolute Gasteiger partial charge is 0.418 e. The molecule has 0 aliphatic rings. The van der Waals surface area contributed by atoms with Crippen LogP contribution in [0.2, 0.25) is 13.1 Å². The second-order valence-corrected chi connectivity index (χ2v) is 9.51. The van der Waals surface area contributed by atoms with Gasteiger partial charge in [0.25, 0.3) is 0 Å². The third kappa shape index (κ3) is 3.88. The maximum absolute atomic E-state index is 6.34. The van der Waals surface area contributed by atoms with Gasteiger partial charge in [0, 0.05) is 5.22 Å². The lowest BCUT2D eigenvalue weighted by atomic mass is 10.2. The Labute approximate surface area is 104 Å². The molecule has 0 radical (unpaired) electrons. The average molecular weight is 253 g/mol. The summed E-state index contributed by atoms with van der Waals surface area (Å²) in [6, 6.07) is 10.9. The van der Waals surface area contributed by atoms with Crippen LogP contribution in [0.1, 0.15) is 26.7 Å². The van der Waals surface area contributed by atoms with Crippen molar-refractivity contribution in [2.24, 2.45) is 0 Å². The van der Waals surface area contributed by atoms with E-state index in [-0.39, 0.29) is 14.7 Å². The van der Waals surface area contributed by atoms with Gasteiger partial charge in [0.2, 0.25) is 0 Å². The first-order valence-electron chi connectivity index (χ1n) is 6.33. The molecule has 90 valence electrons. The van der Waals surface area contributed by atoms with E-state index in [2.05, 4.69) is 57.3 Å². The van der Waals surface area contributed by atoms with Crippen molar-refractivity contribution in [3.8, 4) is 0 Å². The molecule has 1 aromatic carbocycles. The molecule has 0 unspecified atom stereocenters. The lowest BCUT2D eigenvalue weighted by Gasteiger charge is -2.34. The highest BCUT2D eigenvalue weighted by Gasteiger charge is 2.28. The van der Waals surface area contributed by atoms with E-state index in [9.17, 15) is 0 Å². The third-order valence-corrected chi connectivity index (χ3v) is 7.14. The first-order valence-corrected chi connectivity index (χ1v) is 10.5. The summed E-state index contributed by atoms with van der Waals surface area (Å²) in [4.78, 5) is 0. The highest BCUT2D eigenvalue weighted by atomic mass is 28.3. The average Bonchev–Trinajstić information content (AvgIpc) is 2.29. The van der Waals surface area contributed by atoms with Crippen LogP contribution in [0.25, 0.3) is 0 Å². The molecule has 0 aromatic heterocycles. The summed E-state index contributed by atoms with van der Waals surface area (Å²) in [6.45, 7) is 9.10. The molecular formula is C13H24OSi2. The molecule has 0 saturated heterocycles. The van der Waals surface area contributed by atoms with Crippen LogP contribution >= 0.6 is 0 Å². The number of rotatable bonds is 6. The fourth-order valence-electron chi connectivity index (χ4n) is 2.18. The van der Waals surface area contributed by atoms with Crippen LogP contribution < -0.4 is 5.19 Å². The fraction of sp³-hybridized carbons (Fsp3) is 0.538. The lowest BCUT2D eigenvalue weighted by Crippen LogP contribution is -2.46. The van der Waals surface area contributed by atoms with Gasteiger partial charge in [-0.2, -0.15) is 0 Å². The molecule has 0 atom stereocenters. The van der Waals surface area contributed by atoms with Gasteiger partial charge < -0.3 is 4.43 Å². The summed E-state index contributed by atoms with van der Waals surface area (Å²) in [5.41, 5.74) is 0. The molecule has 1 aromatic rings. The van der Waals surface area contributed by atoms with E-state index in [1.54, 1.807) is 0 Å². The summed E-state index contributed by atoms with van der Waals surface area (Å²) in [6.07, 6.45) is 2.32. The molecule has 0 heterocycles. The Morgan fingerprint density at radius 1 is 1.12 bits per heavy atom. The molecule has 0 aliphatic carbocycles. The van der Waals surface area contributed by atoms with Crippen LogP contribution in [-0.2, 0) is 4.43 Å². The summed E-state index contributed by atoms with van der Waals surface area (Å²) in [5.74, 6) is 0. The second kappa shape index (κ2) is 6.37. The summed E-state index contributed by atoms with van der Waals surface area (Å²) in [7, 11) is -1.27. The van der Waals surface area contributed by atoms with Crippen molar-refractivity contribution in [2.45, 2.75) is 45.0 Å². The van der Waals surface area contributed by atoms with E-state index in [0.29, 0.717) is 0 Å². The maximum atomic E-state index is 6.34. The van der Waals surface area contributed by atoms with Crippen molar-refractivity contribution in [1.29, 1.82) is 0 Å². The van der Waals surface area contributed by atoms with E-state index >= 15 is 0 Å². The normalized spacial score (nSPS) is 12.8. The summed E-state index contributed by atoms with van der Waals surface area (Å²) < 4.78 is 6.34. The van der Waals surface area contributed by atoms with Crippen molar-refractivity contribution in [1.82, 2.24) is 0 Å². The molecule has 0 spiro atoms. The van der Waals surface area contributed by atoms with E-state index in [4.69, 9.17) is 4.43 Å². The smallest absolute Gasteiger partial charge is 0.171 e. The minimum atomic E-state index is -0.937. The monoisotopic (exact) mass is 252 g/mol. The van der Waals surface area contributed by atoms with Crippen LogP contribution in [0, 0.1) is 0 Å². The van der Waals surface area contributed by atoms with Crippen molar-refractivity contribution < 1.29 is 4.43 Å². The van der Waals surface area contributed by atoms with Crippen LogP contribution in [-0.4, -0.2) is 23.8 Å². The van der Waals surface area contributed by atoms with Crippen molar-refractivity contribution >= 4 is 23.7 Å². The molecule has 1 rings (SSSR count). The highest BCUT2D eigenvalue weighted by Crippen LogP contribution is 2.20. The maximum Gasteiger partial charge on any atom is 0.171 e. The third-order valence-electron chi connectivity index (χ3n) is 3.14. The van der Waals surface area contributed by atoms with Crippen LogP contribution in [0.4, 0.5) is 0 Å².